The molecule has 266 valence electrons. The monoisotopic (exact) mass is 704 g/mol. The summed E-state index contributed by atoms with van der Waals surface area (Å²) in [6.45, 7) is 11.9. The molecule has 1 N–H and O–H groups in total. The number of aromatic nitrogens is 2. The van der Waals surface area contributed by atoms with Crippen molar-refractivity contribution in [3.05, 3.63) is 114 Å². The maximum atomic E-state index is 15.6. The van der Waals surface area contributed by atoms with Gasteiger partial charge in [0.2, 0.25) is 0 Å². The van der Waals surface area contributed by atoms with Crippen molar-refractivity contribution >= 4 is 14.4 Å². The molecule has 3 atom stereocenters. The van der Waals surface area contributed by atoms with Crippen LogP contribution in [0.1, 0.15) is 56.6 Å². The molecule has 3 aromatic carbocycles. The number of benzene rings is 3. The Morgan fingerprint density at radius 2 is 1.66 bits per heavy atom. The summed E-state index contributed by atoms with van der Waals surface area (Å²) >= 11 is 0. The molecule has 1 aliphatic carbocycles. The van der Waals surface area contributed by atoms with Gasteiger partial charge in [-0.05, 0) is 60.3 Å². The Morgan fingerprint density at radius 1 is 1.00 bits per heavy atom. The highest BCUT2D eigenvalue weighted by Gasteiger charge is 2.57. The molecule has 1 aromatic heterocycles. The van der Waals surface area contributed by atoms with Gasteiger partial charge < -0.3 is 23.9 Å². The van der Waals surface area contributed by atoms with Crippen LogP contribution in [0.3, 0.4) is 0 Å². The zero-order valence-electron chi connectivity index (χ0n) is 29.5. The molecule has 0 spiro atoms. The maximum absolute atomic E-state index is 15.6. The minimum atomic E-state index is -2.31. The molecule has 11 heteroatoms. The summed E-state index contributed by atoms with van der Waals surface area (Å²) in [5.74, 6) is -1.02. The van der Waals surface area contributed by atoms with Gasteiger partial charge in [-0.3, -0.25) is 0 Å². The molecular weight excluding hydrogens is 658 g/mol. The average Bonchev–Trinajstić information content (AvgIpc) is 3.57. The number of imidazole rings is 1. The molecule has 0 radical (unpaired) electrons. The van der Waals surface area contributed by atoms with E-state index >= 15 is 8.78 Å². The van der Waals surface area contributed by atoms with Gasteiger partial charge in [0.15, 0.2) is 8.32 Å². The summed E-state index contributed by atoms with van der Waals surface area (Å²) in [6, 6.07) is 22.1. The first-order valence-electron chi connectivity index (χ1n) is 17.3. The largest absolute Gasteiger partial charge is 0.445 e. The quantitative estimate of drug-likeness (QED) is 0.150. The fraction of sp³-hybridized carbons (Fsp3) is 0.436. The predicted octanol–water partition coefficient (Wildman–Crippen LogP) is 8.67. The SMILES string of the molecule is CC(C)(C)[Si](C)(C)OC1([C@@H](NC[C@@H]2CN(C(=O)OCc3ccccc3)C[C@@H]2F)c2nc(-c3cc(F)ccc3F)cn2Cc2ccccc2)CC1. The number of nitrogens with one attached hydrogen (secondary N) is 1. The molecule has 1 aliphatic heterocycles. The van der Waals surface area contributed by atoms with Crippen molar-refractivity contribution in [3.8, 4) is 11.3 Å². The zero-order valence-corrected chi connectivity index (χ0v) is 30.5. The standard InChI is InChI=1S/C39H47F3N4O3Si/c1-38(2,3)50(4,5)49-39(18-19-39)35(43-21-29-23-46(24-33(29)42)37(47)48-26-28-14-10-7-11-15-28)36-44-34(31-20-30(40)16-17-32(31)41)25-45(36)22-27-12-8-6-9-13-27/h6-17,20,25,29,33,35,43H,18-19,21-24,26H2,1-5H3/t29-,33+,35+/m1/s1. The number of hydrogen-bond acceptors (Lipinski definition) is 5. The van der Waals surface area contributed by atoms with E-state index in [1.165, 1.54) is 4.90 Å². The van der Waals surface area contributed by atoms with Crippen LogP contribution in [0.15, 0.2) is 85.1 Å². The zero-order chi connectivity index (χ0) is 35.7. The molecule has 4 aromatic rings. The molecular formula is C39H47F3N4O3Si. The number of amides is 1. The fourth-order valence-corrected chi connectivity index (χ4v) is 8.04. The minimum absolute atomic E-state index is 0.0537. The van der Waals surface area contributed by atoms with Crippen LogP contribution in [0.4, 0.5) is 18.0 Å². The summed E-state index contributed by atoms with van der Waals surface area (Å²) in [4.78, 5) is 19.3. The molecule has 1 saturated carbocycles. The number of carbonyl (C=O) groups is 1. The summed E-state index contributed by atoms with van der Waals surface area (Å²) in [7, 11) is -2.31. The Hall–Kier alpha value is -3.93. The second-order valence-corrected chi connectivity index (χ2v) is 19.9. The molecule has 7 nitrogen and oxygen atoms in total. The van der Waals surface area contributed by atoms with E-state index < -0.39 is 49.8 Å². The number of halogens is 3. The third kappa shape index (κ3) is 8.00. The van der Waals surface area contributed by atoms with Gasteiger partial charge in [-0.25, -0.2) is 22.9 Å². The molecule has 1 saturated heterocycles. The lowest BCUT2D eigenvalue weighted by Crippen LogP contribution is -2.50. The molecule has 1 amide bonds. The number of nitrogens with zero attached hydrogens (tertiary/aromatic N) is 3. The summed E-state index contributed by atoms with van der Waals surface area (Å²) in [5, 5.41) is 3.58. The number of carbonyl (C=O) groups excluding carboxylic acids is 1. The third-order valence-corrected chi connectivity index (χ3v) is 14.9. The van der Waals surface area contributed by atoms with E-state index in [9.17, 15) is 9.18 Å². The van der Waals surface area contributed by atoms with Crippen molar-refractivity contribution in [2.75, 3.05) is 19.6 Å². The van der Waals surface area contributed by atoms with Gasteiger partial charge in [0.1, 0.15) is 30.2 Å². The summed E-state index contributed by atoms with van der Waals surface area (Å²) in [6.07, 6.45) is 1.48. The molecule has 2 fully saturated rings. The Morgan fingerprint density at radius 3 is 2.30 bits per heavy atom. The number of ether oxygens (including phenoxy) is 1. The first-order valence-corrected chi connectivity index (χ1v) is 20.3. The van der Waals surface area contributed by atoms with Crippen molar-refractivity contribution in [2.45, 2.75) is 82.7 Å². The number of likely N-dealkylation sites (tertiary alicyclic amines) is 1. The molecule has 6 rings (SSSR count). The van der Waals surface area contributed by atoms with Crippen LogP contribution in [0.25, 0.3) is 11.3 Å². The second-order valence-electron chi connectivity index (χ2n) is 15.2. The van der Waals surface area contributed by atoms with Gasteiger partial charge in [0, 0.05) is 37.3 Å². The summed E-state index contributed by atoms with van der Waals surface area (Å²) < 4.78 is 59.8. The van der Waals surface area contributed by atoms with Gasteiger partial charge in [0.25, 0.3) is 0 Å². The lowest BCUT2D eigenvalue weighted by molar-refractivity contribution is 0.0987. The Kier molecular flexibility index (Phi) is 10.3. The van der Waals surface area contributed by atoms with Gasteiger partial charge in [0.05, 0.1) is 23.9 Å². The third-order valence-electron chi connectivity index (χ3n) is 10.4. The van der Waals surface area contributed by atoms with Crippen molar-refractivity contribution < 1.29 is 27.1 Å². The molecule has 50 heavy (non-hydrogen) atoms. The normalized spacial score (nSPS) is 19.4. The van der Waals surface area contributed by atoms with E-state index in [-0.39, 0.29) is 36.8 Å². The molecule has 0 bridgehead atoms. The molecule has 0 unspecified atom stereocenters. The van der Waals surface area contributed by atoms with E-state index in [0.717, 1.165) is 42.2 Å². The first kappa shape index (κ1) is 35.9. The smallest absolute Gasteiger partial charge is 0.410 e. The molecule has 2 aliphatic rings. The van der Waals surface area contributed by atoms with Crippen LogP contribution >= 0.6 is 0 Å². The number of rotatable bonds is 12. The van der Waals surface area contributed by atoms with Gasteiger partial charge >= 0.3 is 6.09 Å². The van der Waals surface area contributed by atoms with Crippen LogP contribution in [0.5, 0.6) is 0 Å². The Bertz CT molecular complexity index is 1780. The second kappa shape index (κ2) is 14.4. The van der Waals surface area contributed by atoms with E-state index in [1.54, 1.807) is 6.20 Å². The van der Waals surface area contributed by atoms with Crippen LogP contribution in [0.2, 0.25) is 18.1 Å². The minimum Gasteiger partial charge on any atom is -0.445 e. The Labute approximate surface area is 293 Å². The molecule has 2 heterocycles. The highest BCUT2D eigenvalue weighted by Crippen LogP contribution is 2.54. The van der Waals surface area contributed by atoms with Crippen molar-refractivity contribution in [3.63, 3.8) is 0 Å². The fourth-order valence-electron chi connectivity index (χ4n) is 6.39. The van der Waals surface area contributed by atoms with Crippen molar-refractivity contribution in [1.82, 2.24) is 19.8 Å². The van der Waals surface area contributed by atoms with Gasteiger partial charge in [-0.15, -0.1) is 0 Å². The van der Waals surface area contributed by atoms with E-state index in [4.69, 9.17) is 14.1 Å². The van der Waals surface area contributed by atoms with Crippen molar-refractivity contribution in [2.24, 2.45) is 5.92 Å². The number of hydrogen-bond donors (Lipinski definition) is 1. The van der Waals surface area contributed by atoms with E-state index in [0.29, 0.717) is 18.1 Å². The van der Waals surface area contributed by atoms with Gasteiger partial charge in [-0.1, -0.05) is 81.4 Å². The van der Waals surface area contributed by atoms with Crippen LogP contribution in [-0.4, -0.2) is 60.3 Å². The Balaban J connectivity index is 1.31. The van der Waals surface area contributed by atoms with Crippen LogP contribution < -0.4 is 5.32 Å². The van der Waals surface area contributed by atoms with Crippen molar-refractivity contribution in [1.29, 1.82) is 0 Å². The van der Waals surface area contributed by atoms with Crippen LogP contribution in [-0.2, 0) is 22.3 Å². The van der Waals surface area contributed by atoms with E-state index in [2.05, 4.69) is 39.2 Å². The topological polar surface area (TPSA) is 68.6 Å². The highest BCUT2D eigenvalue weighted by atomic mass is 28.4. The summed E-state index contributed by atoms with van der Waals surface area (Å²) in [5.41, 5.74) is 1.61. The number of alkyl halides is 1. The van der Waals surface area contributed by atoms with Crippen LogP contribution in [0, 0.1) is 17.6 Å². The lowest BCUT2D eigenvalue weighted by atomic mass is 10.0. The average molecular weight is 705 g/mol. The maximum Gasteiger partial charge on any atom is 0.410 e. The van der Waals surface area contributed by atoms with Gasteiger partial charge in [-0.2, -0.15) is 0 Å². The first-order chi connectivity index (χ1) is 23.7. The highest BCUT2D eigenvalue weighted by molar-refractivity contribution is 6.74. The predicted molar refractivity (Wildman–Crippen MR) is 191 cm³/mol. The van der Waals surface area contributed by atoms with E-state index in [1.807, 2.05) is 65.2 Å². The lowest BCUT2D eigenvalue weighted by Gasteiger charge is -2.42.